The zero-order valence-electron chi connectivity index (χ0n) is 17.8. The van der Waals surface area contributed by atoms with Gasteiger partial charge in [-0.15, -0.1) is 6.58 Å². The molecule has 0 atom stereocenters. The summed E-state index contributed by atoms with van der Waals surface area (Å²) in [5.74, 6) is 0.697. The minimum Gasteiger partial charge on any atom is -0.454 e. The maximum atomic E-state index is 13.1. The van der Waals surface area contributed by atoms with Crippen molar-refractivity contribution in [3.05, 3.63) is 51.7 Å². The second-order valence-corrected chi connectivity index (χ2v) is 7.99. The number of benzene rings is 1. The number of amides is 1. The fourth-order valence-electron chi connectivity index (χ4n) is 3.45. The Balaban J connectivity index is 1.72. The second kappa shape index (κ2) is 8.87. The van der Waals surface area contributed by atoms with Gasteiger partial charge in [0.1, 0.15) is 11.2 Å². The van der Waals surface area contributed by atoms with E-state index in [2.05, 4.69) is 16.9 Å². The maximum absolute atomic E-state index is 13.1. The summed E-state index contributed by atoms with van der Waals surface area (Å²) in [5, 5.41) is 3.38. The van der Waals surface area contributed by atoms with Crippen LogP contribution in [0.5, 0.6) is 11.5 Å². The highest BCUT2D eigenvalue weighted by atomic mass is 32.1. The van der Waals surface area contributed by atoms with Crippen molar-refractivity contribution in [2.75, 3.05) is 30.1 Å². The Kier molecular flexibility index (Phi) is 5.99. The molecule has 0 aliphatic carbocycles. The van der Waals surface area contributed by atoms with E-state index in [-0.39, 0.29) is 25.5 Å². The van der Waals surface area contributed by atoms with E-state index in [1.807, 2.05) is 18.7 Å². The first-order valence-electron chi connectivity index (χ1n) is 10.2. The summed E-state index contributed by atoms with van der Waals surface area (Å²) in [7, 11) is 0. The van der Waals surface area contributed by atoms with Crippen LogP contribution in [-0.4, -0.2) is 39.9 Å². The lowest BCUT2D eigenvalue weighted by atomic mass is 10.3. The van der Waals surface area contributed by atoms with Crippen LogP contribution in [0.3, 0.4) is 0 Å². The van der Waals surface area contributed by atoms with Gasteiger partial charge in [-0.2, -0.15) is 0 Å². The van der Waals surface area contributed by atoms with Gasteiger partial charge < -0.3 is 19.7 Å². The monoisotopic (exact) mass is 457 g/mol. The Morgan fingerprint density at radius 1 is 1.25 bits per heavy atom. The van der Waals surface area contributed by atoms with Gasteiger partial charge in [0.05, 0.1) is 0 Å². The molecule has 11 heteroatoms. The third-order valence-electron chi connectivity index (χ3n) is 5.06. The molecule has 2 aromatic heterocycles. The molecule has 168 valence electrons. The first kappa shape index (κ1) is 21.6. The molecular formula is C21H23N5O5S. The number of carbonyl (C=O) groups is 1. The van der Waals surface area contributed by atoms with Crippen molar-refractivity contribution < 1.29 is 14.3 Å². The fourth-order valence-corrected chi connectivity index (χ4v) is 4.60. The fraction of sp³-hybridized carbons (Fsp3) is 0.333. The van der Waals surface area contributed by atoms with Gasteiger partial charge in [-0.3, -0.25) is 18.7 Å². The zero-order chi connectivity index (χ0) is 22.8. The number of hydrogen-bond acceptors (Lipinski definition) is 8. The first-order valence-corrected chi connectivity index (χ1v) is 11.0. The van der Waals surface area contributed by atoms with E-state index in [9.17, 15) is 14.4 Å². The van der Waals surface area contributed by atoms with Gasteiger partial charge in [0, 0.05) is 31.4 Å². The van der Waals surface area contributed by atoms with Gasteiger partial charge in [-0.05, 0) is 26.0 Å². The Labute approximate surface area is 187 Å². The maximum Gasteiger partial charge on any atom is 0.333 e. The van der Waals surface area contributed by atoms with Crippen LogP contribution in [0.2, 0.25) is 0 Å². The van der Waals surface area contributed by atoms with Crippen molar-refractivity contribution in [3.63, 3.8) is 0 Å². The van der Waals surface area contributed by atoms with Crippen molar-refractivity contribution >= 4 is 38.4 Å². The molecule has 1 aliphatic rings. The van der Waals surface area contributed by atoms with Crippen LogP contribution in [0.4, 0.5) is 10.8 Å². The Morgan fingerprint density at radius 2 is 2.00 bits per heavy atom. The number of allylic oxidation sites excluding steroid dienone is 1. The highest BCUT2D eigenvalue weighted by molar-refractivity contribution is 7.22. The molecule has 0 unspecified atom stereocenters. The van der Waals surface area contributed by atoms with Crippen LogP contribution in [0.15, 0.2) is 40.4 Å². The van der Waals surface area contributed by atoms with E-state index in [1.54, 1.807) is 18.2 Å². The lowest BCUT2D eigenvalue weighted by molar-refractivity contribution is -0.116. The average molecular weight is 458 g/mol. The van der Waals surface area contributed by atoms with E-state index in [1.165, 1.54) is 22.0 Å². The first-order chi connectivity index (χ1) is 15.5. The summed E-state index contributed by atoms with van der Waals surface area (Å²) >= 11 is 1.21. The van der Waals surface area contributed by atoms with E-state index >= 15 is 0 Å². The minimum absolute atomic E-state index is 0.0376. The van der Waals surface area contributed by atoms with Gasteiger partial charge in [0.2, 0.25) is 12.7 Å². The molecule has 1 aromatic carbocycles. The third kappa shape index (κ3) is 3.86. The van der Waals surface area contributed by atoms with Gasteiger partial charge in [0.15, 0.2) is 22.3 Å². The number of anilines is 2. The predicted octanol–water partition coefficient (Wildman–Crippen LogP) is 2.02. The molecule has 1 N–H and O–H groups in total. The molecule has 0 radical (unpaired) electrons. The summed E-state index contributed by atoms with van der Waals surface area (Å²) in [5.41, 5.74) is -0.342. The smallest absolute Gasteiger partial charge is 0.333 e. The number of fused-ring (bicyclic) bond motifs is 2. The Hall–Kier alpha value is -3.60. The van der Waals surface area contributed by atoms with Crippen LogP contribution in [0, 0.1) is 0 Å². The van der Waals surface area contributed by atoms with E-state index in [0.717, 1.165) is 4.57 Å². The van der Waals surface area contributed by atoms with Crippen molar-refractivity contribution in [1.29, 1.82) is 0 Å². The number of nitrogens with zero attached hydrogens (tertiary/aromatic N) is 4. The topological polar surface area (TPSA) is 108 Å². The van der Waals surface area contributed by atoms with Crippen LogP contribution >= 0.6 is 11.3 Å². The summed E-state index contributed by atoms with van der Waals surface area (Å²) in [6.45, 7) is 8.85. The molecule has 0 saturated heterocycles. The number of thiazole rings is 1. The van der Waals surface area contributed by atoms with E-state index < -0.39 is 17.2 Å². The zero-order valence-corrected chi connectivity index (χ0v) is 18.6. The SMILES string of the molecule is C=CCn1c(=O)c2sc(N(CC)CC)nc2n(CC(=O)Nc2ccc3c(c2)OCO3)c1=O. The molecule has 10 nitrogen and oxygen atoms in total. The predicted molar refractivity (Wildman–Crippen MR) is 123 cm³/mol. The summed E-state index contributed by atoms with van der Waals surface area (Å²) in [4.78, 5) is 45.3. The quantitative estimate of drug-likeness (QED) is 0.516. The number of rotatable bonds is 8. The lowest BCUT2D eigenvalue weighted by Crippen LogP contribution is -2.41. The second-order valence-electron chi connectivity index (χ2n) is 7.01. The largest absolute Gasteiger partial charge is 0.454 e. The summed E-state index contributed by atoms with van der Waals surface area (Å²) in [6, 6.07) is 5.03. The molecule has 3 aromatic rings. The van der Waals surface area contributed by atoms with Crippen LogP contribution in [-0.2, 0) is 17.9 Å². The molecule has 0 saturated carbocycles. The Bertz CT molecular complexity index is 1300. The molecule has 0 spiro atoms. The minimum atomic E-state index is -0.611. The van der Waals surface area contributed by atoms with Crippen molar-refractivity contribution in [2.45, 2.75) is 26.9 Å². The summed E-state index contributed by atoms with van der Waals surface area (Å²) in [6.07, 6.45) is 1.47. The number of hydrogen-bond donors (Lipinski definition) is 1. The molecule has 32 heavy (non-hydrogen) atoms. The van der Waals surface area contributed by atoms with E-state index in [0.29, 0.717) is 40.1 Å². The molecule has 3 heterocycles. The van der Waals surface area contributed by atoms with Gasteiger partial charge in [-0.25, -0.2) is 9.78 Å². The van der Waals surface area contributed by atoms with Crippen LogP contribution in [0.25, 0.3) is 10.3 Å². The van der Waals surface area contributed by atoms with Gasteiger partial charge in [0.25, 0.3) is 5.56 Å². The third-order valence-corrected chi connectivity index (χ3v) is 6.15. The molecule has 0 bridgehead atoms. The normalized spacial score (nSPS) is 12.2. The number of nitrogens with one attached hydrogen (secondary N) is 1. The molecule has 1 aliphatic heterocycles. The standard InChI is InChI=1S/C21H23N5O5S/c1-4-9-25-19(28)17-18(23-20(32-17)24(5-2)6-3)26(21(25)29)11-16(27)22-13-7-8-14-15(10-13)31-12-30-14/h4,7-8,10H,1,5-6,9,11-12H2,2-3H3,(H,22,27). The molecule has 4 rings (SSSR count). The summed E-state index contributed by atoms with van der Waals surface area (Å²) < 4.78 is 13.2. The van der Waals surface area contributed by atoms with Crippen LogP contribution < -0.4 is 30.9 Å². The van der Waals surface area contributed by atoms with Gasteiger partial charge >= 0.3 is 5.69 Å². The highest BCUT2D eigenvalue weighted by Gasteiger charge is 2.21. The number of ether oxygens (including phenoxy) is 2. The van der Waals surface area contributed by atoms with Crippen molar-refractivity contribution in [3.8, 4) is 11.5 Å². The molecular weight excluding hydrogens is 434 g/mol. The number of carbonyl (C=O) groups excluding carboxylic acids is 1. The van der Waals surface area contributed by atoms with Crippen molar-refractivity contribution in [1.82, 2.24) is 14.1 Å². The number of aromatic nitrogens is 3. The highest BCUT2D eigenvalue weighted by Crippen LogP contribution is 2.34. The van der Waals surface area contributed by atoms with E-state index in [4.69, 9.17) is 9.47 Å². The molecule has 1 amide bonds. The van der Waals surface area contributed by atoms with Crippen molar-refractivity contribution in [2.24, 2.45) is 0 Å². The van der Waals surface area contributed by atoms with Crippen LogP contribution in [0.1, 0.15) is 13.8 Å². The lowest BCUT2D eigenvalue weighted by Gasteiger charge is -2.16. The van der Waals surface area contributed by atoms with Gasteiger partial charge in [-0.1, -0.05) is 17.4 Å². The average Bonchev–Trinajstić information content (AvgIpc) is 3.42. The Morgan fingerprint density at radius 3 is 2.72 bits per heavy atom. The molecule has 0 fully saturated rings.